The molecule has 2 N–H and O–H groups in total. The van der Waals surface area contributed by atoms with Crippen molar-refractivity contribution in [1.82, 2.24) is 5.32 Å². The number of hydrogen-bond acceptors (Lipinski definition) is 4. The van der Waals surface area contributed by atoms with Gasteiger partial charge in [0.2, 0.25) is 0 Å². The number of aromatic hydroxyl groups is 1. The minimum atomic E-state index is 0.0337. The SMILES string of the molecule is CNCCC=Cc1cc(O)c(OC)cc1C=O. The number of benzene rings is 1. The first kappa shape index (κ1) is 13.3. The number of ether oxygens (including phenoxy) is 1. The van der Waals surface area contributed by atoms with E-state index in [0.717, 1.165) is 19.3 Å². The van der Waals surface area contributed by atoms with E-state index in [1.807, 2.05) is 19.2 Å². The fraction of sp³-hybridized carbons (Fsp3) is 0.308. The van der Waals surface area contributed by atoms with E-state index in [9.17, 15) is 9.90 Å². The van der Waals surface area contributed by atoms with Gasteiger partial charge < -0.3 is 15.2 Å². The first-order valence-corrected chi connectivity index (χ1v) is 5.40. The largest absolute Gasteiger partial charge is 0.504 e. The van der Waals surface area contributed by atoms with E-state index in [-0.39, 0.29) is 5.75 Å². The standard InChI is InChI=1S/C13H17NO3/c1-14-6-4-3-5-10-7-12(16)13(17-2)8-11(10)9-15/h3,5,7-9,14,16H,4,6H2,1-2H3. The summed E-state index contributed by atoms with van der Waals surface area (Å²) in [4.78, 5) is 10.9. The lowest BCUT2D eigenvalue weighted by Crippen LogP contribution is -2.05. The summed E-state index contributed by atoms with van der Waals surface area (Å²) in [5.74, 6) is 0.339. The first-order valence-electron chi connectivity index (χ1n) is 5.40. The summed E-state index contributed by atoms with van der Waals surface area (Å²) in [6.07, 6.45) is 5.38. The number of nitrogens with one attached hydrogen (secondary N) is 1. The van der Waals surface area contributed by atoms with Gasteiger partial charge in [0.15, 0.2) is 17.8 Å². The molecule has 0 aliphatic heterocycles. The lowest BCUT2D eigenvalue weighted by molar-refractivity contribution is 0.112. The number of hydrogen-bond donors (Lipinski definition) is 2. The van der Waals surface area contributed by atoms with Crippen LogP contribution >= 0.6 is 0 Å². The van der Waals surface area contributed by atoms with E-state index in [1.165, 1.54) is 19.2 Å². The molecule has 1 aromatic rings. The van der Waals surface area contributed by atoms with Crippen LogP contribution in [-0.4, -0.2) is 32.1 Å². The highest BCUT2D eigenvalue weighted by molar-refractivity contribution is 5.83. The highest BCUT2D eigenvalue weighted by Gasteiger charge is 2.06. The maximum absolute atomic E-state index is 10.9. The zero-order valence-corrected chi connectivity index (χ0v) is 10.1. The summed E-state index contributed by atoms with van der Waals surface area (Å²) >= 11 is 0. The number of phenols is 1. The van der Waals surface area contributed by atoms with Crippen LogP contribution in [0.4, 0.5) is 0 Å². The Hall–Kier alpha value is -1.81. The van der Waals surface area contributed by atoms with Crippen LogP contribution in [0, 0.1) is 0 Å². The van der Waals surface area contributed by atoms with Crippen LogP contribution in [0.15, 0.2) is 18.2 Å². The second-order valence-electron chi connectivity index (χ2n) is 3.57. The lowest BCUT2D eigenvalue weighted by Gasteiger charge is -2.06. The second kappa shape index (κ2) is 6.70. The molecule has 0 aromatic heterocycles. The summed E-state index contributed by atoms with van der Waals surface area (Å²) in [5.41, 5.74) is 1.19. The number of rotatable bonds is 6. The Bertz CT molecular complexity index is 413. The molecule has 92 valence electrons. The van der Waals surface area contributed by atoms with Gasteiger partial charge in [0.05, 0.1) is 7.11 Å². The minimum absolute atomic E-state index is 0.0337. The van der Waals surface area contributed by atoms with Gasteiger partial charge in [-0.15, -0.1) is 0 Å². The summed E-state index contributed by atoms with van der Waals surface area (Å²) < 4.78 is 4.94. The summed E-state index contributed by atoms with van der Waals surface area (Å²) in [7, 11) is 3.33. The van der Waals surface area contributed by atoms with Gasteiger partial charge in [0.1, 0.15) is 0 Å². The summed E-state index contributed by atoms with van der Waals surface area (Å²) in [6.45, 7) is 0.870. The molecule has 0 spiro atoms. The number of carbonyl (C=O) groups excluding carboxylic acids is 1. The number of methoxy groups -OCH3 is 1. The maximum Gasteiger partial charge on any atom is 0.161 e. The van der Waals surface area contributed by atoms with Crippen LogP contribution in [0.5, 0.6) is 11.5 Å². The van der Waals surface area contributed by atoms with E-state index in [0.29, 0.717) is 16.9 Å². The molecular weight excluding hydrogens is 218 g/mol. The Morgan fingerprint density at radius 3 is 2.76 bits per heavy atom. The molecule has 0 atom stereocenters. The molecule has 0 amide bonds. The molecule has 0 aliphatic rings. The molecule has 1 aromatic carbocycles. The van der Waals surface area contributed by atoms with Crippen LogP contribution in [0.25, 0.3) is 6.08 Å². The highest BCUT2D eigenvalue weighted by Crippen LogP contribution is 2.29. The third-order valence-electron chi connectivity index (χ3n) is 2.37. The van der Waals surface area contributed by atoms with Crippen molar-refractivity contribution >= 4 is 12.4 Å². The van der Waals surface area contributed by atoms with E-state index < -0.39 is 0 Å². The zero-order valence-electron chi connectivity index (χ0n) is 10.1. The quantitative estimate of drug-likeness (QED) is 0.583. The molecule has 0 saturated carbocycles. The van der Waals surface area contributed by atoms with Crippen molar-refractivity contribution in [3.05, 3.63) is 29.3 Å². The maximum atomic E-state index is 10.9. The van der Waals surface area contributed by atoms with Crippen LogP contribution in [0.1, 0.15) is 22.3 Å². The van der Waals surface area contributed by atoms with Crippen molar-refractivity contribution in [2.24, 2.45) is 0 Å². The number of aldehydes is 1. The van der Waals surface area contributed by atoms with Crippen molar-refractivity contribution in [3.8, 4) is 11.5 Å². The van der Waals surface area contributed by atoms with Gasteiger partial charge in [0, 0.05) is 5.56 Å². The molecule has 4 nitrogen and oxygen atoms in total. The van der Waals surface area contributed by atoms with E-state index >= 15 is 0 Å². The molecule has 0 saturated heterocycles. The summed E-state index contributed by atoms with van der Waals surface area (Å²) in [6, 6.07) is 3.05. The van der Waals surface area contributed by atoms with Crippen LogP contribution in [0.2, 0.25) is 0 Å². The Morgan fingerprint density at radius 2 is 2.18 bits per heavy atom. The lowest BCUT2D eigenvalue weighted by atomic mass is 10.1. The van der Waals surface area contributed by atoms with Gasteiger partial charge in [0.25, 0.3) is 0 Å². The van der Waals surface area contributed by atoms with E-state index in [4.69, 9.17) is 4.74 Å². The topological polar surface area (TPSA) is 58.6 Å². The number of phenolic OH excluding ortho intramolecular Hbond substituents is 1. The average Bonchev–Trinajstić information content (AvgIpc) is 2.35. The van der Waals surface area contributed by atoms with Crippen LogP contribution in [-0.2, 0) is 0 Å². The predicted octanol–water partition coefficient (Wildman–Crippen LogP) is 1.84. The fourth-order valence-corrected chi connectivity index (χ4v) is 1.45. The second-order valence-corrected chi connectivity index (χ2v) is 3.57. The van der Waals surface area contributed by atoms with E-state index in [1.54, 1.807) is 0 Å². The van der Waals surface area contributed by atoms with Gasteiger partial charge in [-0.05, 0) is 37.7 Å². The molecule has 0 bridgehead atoms. The van der Waals surface area contributed by atoms with Crippen molar-refractivity contribution in [1.29, 1.82) is 0 Å². The van der Waals surface area contributed by atoms with Crippen molar-refractivity contribution in [2.45, 2.75) is 6.42 Å². The Balaban J connectivity index is 2.94. The smallest absolute Gasteiger partial charge is 0.161 e. The van der Waals surface area contributed by atoms with Crippen LogP contribution < -0.4 is 10.1 Å². The van der Waals surface area contributed by atoms with Gasteiger partial charge >= 0.3 is 0 Å². The van der Waals surface area contributed by atoms with Crippen LogP contribution in [0.3, 0.4) is 0 Å². The number of carbonyl (C=O) groups is 1. The molecular formula is C13H17NO3. The minimum Gasteiger partial charge on any atom is -0.504 e. The van der Waals surface area contributed by atoms with Gasteiger partial charge in [-0.25, -0.2) is 0 Å². The molecule has 17 heavy (non-hydrogen) atoms. The molecule has 0 aliphatic carbocycles. The Labute approximate surface area is 101 Å². The Morgan fingerprint density at radius 1 is 1.41 bits per heavy atom. The zero-order chi connectivity index (χ0) is 12.7. The fourth-order valence-electron chi connectivity index (χ4n) is 1.45. The molecule has 0 fully saturated rings. The van der Waals surface area contributed by atoms with Gasteiger partial charge in [-0.1, -0.05) is 12.2 Å². The third-order valence-corrected chi connectivity index (χ3v) is 2.37. The predicted molar refractivity (Wildman–Crippen MR) is 67.6 cm³/mol. The van der Waals surface area contributed by atoms with E-state index in [2.05, 4.69) is 5.32 Å². The molecule has 4 heteroatoms. The molecule has 0 heterocycles. The van der Waals surface area contributed by atoms with Crippen molar-refractivity contribution < 1.29 is 14.6 Å². The summed E-state index contributed by atoms with van der Waals surface area (Å²) in [5, 5.41) is 12.6. The molecule has 0 unspecified atom stereocenters. The van der Waals surface area contributed by atoms with Crippen molar-refractivity contribution in [3.63, 3.8) is 0 Å². The highest BCUT2D eigenvalue weighted by atomic mass is 16.5. The van der Waals surface area contributed by atoms with Crippen molar-refractivity contribution in [2.75, 3.05) is 20.7 Å². The molecule has 0 radical (unpaired) electrons. The van der Waals surface area contributed by atoms with Gasteiger partial charge in [-0.2, -0.15) is 0 Å². The Kier molecular flexibility index (Phi) is 5.23. The first-order chi connectivity index (χ1) is 8.22. The molecule has 1 rings (SSSR count). The average molecular weight is 235 g/mol. The third kappa shape index (κ3) is 3.60. The monoisotopic (exact) mass is 235 g/mol. The normalized spacial score (nSPS) is 10.7. The van der Waals surface area contributed by atoms with Gasteiger partial charge in [-0.3, -0.25) is 4.79 Å².